The number of allylic oxidation sites excluding steroid dienone is 1. The summed E-state index contributed by atoms with van der Waals surface area (Å²) in [4.78, 5) is 32.3. The fraction of sp³-hybridized carbons (Fsp3) is 0.273. The van der Waals surface area contributed by atoms with Crippen LogP contribution in [0.4, 0.5) is 0 Å². The predicted molar refractivity (Wildman–Crippen MR) is 62.2 cm³/mol. The number of carbonyl (C=O) groups is 2. The number of rotatable bonds is 2. The molecule has 6 nitrogen and oxygen atoms in total. The van der Waals surface area contributed by atoms with Crippen LogP contribution >= 0.6 is 0 Å². The van der Waals surface area contributed by atoms with E-state index in [1.165, 1.54) is 4.90 Å². The molecule has 2 rings (SSSR count). The molecule has 0 fully saturated rings. The molecule has 2 aliphatic heterocycles. The van der Waals surface area contributed by atoms with Gasteiger partial charge in [-0.1, -0.05) is 6.08 Å². The Morgan fingerprint density at radius 3 is 2.71 bits per heavy atom. The Balaban J connectivity index is 2.54. The van der Waals surface area contributed by atoms with Gasteiger partial charge in [-0.2, -0.15) is 0 Å². The Morgan fingerprint density at radius 1 is 1.41 bits per heavy atom. The topological polar surface area (TPSA) is 82.3 Å². The molecule has 2 aliphatic rings. The molecular formula is C11H11N3O3. The van der Waals surface area contributed by atoms with Crippen molar-refractivity contribution < 1.29 is 14.7 Å². The van der Waals surface area contributed by atoms with Crippen LogP contribution < -0.4 is 0 Å². The largest absolute Gasteiger partial charge is 0.477 e. The highest BCUT2D eigenvalue weighted by Gasteiger charge is 2.35. The van der Waals surface area contributed by atoms with Crippen LogP contribution in [0, 0.1) is 0 Å². The molecule has 17 heavy (non-hydrogen) atoms. The van der Waals surface area contributed by atoms with Crippen molar-refractivity contribution >= 4 is 23.8 Å². The molecule has 0 saturated heterocycles. The summed E-state index contributed by atoms with van der Waals surface area (Å²) in [6.45, 7) is 0. The van der Waals surface area contributed by atoms with Gasteiger partial charge >= 0.3 is 5.97 Å². The van der Waals surface area contributed by atoms with Gasteiger partial charge in [-0.05, 0) is 6.08 Å². The van der Waals surface area contributed by atoms with E-state index in [9.17, 15) is 9.59 Å². The number of aliphatic carboxylic acids is 1. The first-order chi connectivity index (χ1) is 8.02. The molecule has 0 bridgehead atoms. The SMILES string of the molecule is CN(C)C(=O)C1=C2C=CC=NC2N=C1C(=O)O. The minimum absolute atomic E-state index is 0.126. The third kappa shape index (κ3) is 1.77. The van der Waals surface area contributed by atoms with Gasteiger partial charge in [-0.15, -0.1) is 0 Å². The smallest absolute Gasteiger partial charge is 0.354 e. The molecule has 1 N–H and O–H groups in total. The van der Waals surface area contributed by atoms with E-state index in [1.807, 2.05) is 0 Å². The molecule has 0 aromatic carbocycles. The van der Waals surface area contributed by atoms with Gasteiger partial charge in [0.25, 0.3) is 5.91 Å². The van der Waals surface area contributed by atoms with Crippen LogP contribution in [-0.2, 0) is 9.59 Å². The van der Waals surface area contributed by atoms with Crippen molar-refractivity contribution in [1.29, 1.82) is 0 Å². The molecule has 6 heteroatoms. The minimum Gasteiger partial charge on any atom is -0.477 e. The molecule has 1 amide bonds. The number of hydrogen-bond acceptors (Lipinski definition) is 4. The lowest BCUT2D eigenvalue weighted by Crippen LogP contribution is -2.30. The van der Waals surface area contributed by atoms with Crippen LogP contribution in [0.25, 0.3) is 0 Å². The maximum atomic E-state index is 12.0. The number of carbonyl (C=O) groups excluding carboxylic acids is 1. The Morgan fingerprint density at radius 2 is 2.12 bits per heavy atom. The van der Waals surface area contributed by atoms with Gasteiger partial charge < -0.3 is 10.0 Å². The summed E-state index contributed by atoms with van der Waals surface area (Å²) in [6.07, 6.45) is 4.29. The second kappa shape index (κ2) is 3.97. The first kappa shape index (κ1) is 11.3. The molecule has 0 radical (unpaired) electrons. The molecule has 0 saturated carbocycles. The number of dihydropyridines is 1. The summed E-state index contributed by atoms with van der Waals surface area (Å²) in [5.74, 6) is -1.58. The molecule has 88 valence electrons. The van der Waals surface area contributed by atoms with Crippen molar-refractivity contribution in [2.24, 2.45) is 9.98 Å². The number of carboxylic acids is 1. The number of carboxylic acid groups (broad SMARTS) is 1. The monoisotopic (exact) mass is 233 g/mol. The van der Waals surface area contributed by atoms with Crippen molar-refractivity contribution in [2.45, 2.75) is 6.17 Å². The molecule has 0 aliphatic carbocycles. The van der Waals surface area contributed by atoms with E-state index >= 15 is 0 Å². The lowest BCUT2D eigenvalue weighted by atomic mass is 10.0. The van der Waals surface area contributed by atoms with Crippen LogP contribution in [0.15, 0.2) is 33.3 Å². The van der Waals surface area contributed by atoms with E-state index < -0.39 is 12.1 Å². The molecule has 1 atom stereocenters. The van der Waals surface area contributed by atoms with E-state index in [1.54, 1.807) is 32.5 Å². The van der Waals surface area contributed by atoms with E-state index in [4.69, 9.17) is 5.11 Å². The average Bonchev–Trinajstić information content (AvgIpc) is 2.67. The van der Waals surface area contributed by atoms with Gasteiger partial charge in [0.05, 0.1) is 5.57 Å². The highest BCUT2D eigenvalue weighted by Crippen LogP contribution is 2.27. The molecule has 0 spiro atoms. The van der Waals surface area contributed by atoms with Crippen molar-refractivity contribution in [3.8, 4) is 0 Å². The lowest BCUT2D eigenvalue weighted by molar-refractivity contribution is -0.130. The Kier molecular flexibility index (Phi) is 2.63. The van der Waals surface area contributed by atoms with Crippen molar-refractivity contribution in [3.63, 3.8) is 0 Å². The Bertz CT molecular complexity index is 512. The summed E-state index contributed by atoms with van der Waals surface area (Å²) < 4.78 is 0. The maximum absolute atomic E-state index is 12.0. The highest BCUT2D eigenvalue weighted by atomic mass is 16.4. The van der Waals surface area contributed by atoms with Gasteiger partial charge in [0.15, 0.2) is 11.9 Å². The van der Waals surface area contributed by atoms with Crippen LogP contribution in [0.3, 0.4) is 0 Å². The zero-order valence-electron chi connectivity index (χ0n) is 9.41. The minimum atomic E-state index is -1.21. The zero-order chi connectivity index (χ0) is 12.6. The highest BCUT2D eigenvalue weighted by molar-refractivity contribution is 6.50. The van der Waals surface area contributed by atoms with Gasteiger partial charge in [-0.3, -0.25) is 9.79 Å². The number of hydrogen-bond donors (Lipinski definition) is 1. The van der Waals surface area contributed by atoms with E-state index in [2.05, 4.69) is 9.98 Å². The van der Waals surface area contributed by atoms with E-state index in [0.717, 1.165) is 0 Å². The Labute approximate surface area is 97.7 Å². The fourth-order valence-electron chi connectivity index (χ4n) is 1.69. The van der Waals surface area contributed by atoms with E-state index in [-0.39, 0.29) is 17.2 Å². The molecule has 2 heterocycles. The number of aliphatic imine (C=N–C) groups is 2. The summed E-state index contributed by atoms with van der Waals surface area (Å²) in [5.41, 5.74) is 0.455. The number of amides is 1. The van der Waals surface area contributed by atoms with Crippen molar-refractivity contribution in [3.05, 3.63) is 23.3 Å². The molecular weight excluding hydrogens is 222 g/mol. The summed E-state index contributed by atoms with van der Waals surface area (Å²) in [6, 6.07) is 0. The van der Waals surface area contributed by atoms with Gasteiger partial charge in [0, 0.05) is 25.9 Å². The summed E-state index contributed by atoms with van der Waals surface area (Å²) in [5, 5.41) is 9.05. The van der Waals surface area contributed by atoms with Gasteiger partial charge in [-0.25, -0.2) is 9.79 Å². The van der Waals surface area contributed by atoms with Crippen LogP contribution in [0.5, 0.6) is 0 Å². The third-order valence-corrected chi connectivity index (χ3v) is 2.47. The third-order valence-electron chi connectivity index (χ3n) is 2.47. The lowest BCUT2D eigenvalue weighted by Gasteiger charge is -2.13. The van der Waals surface area contributed by atoms with Gasteiger partial charge in [0.1, 0.15) is 0 Å². The molecule has 1 unspecified atom stereocenters. The standard InChI is InChI=1S/C11H11N3O3/c1-14(2)10(15)7-6-4-3-5-12-9(6)13-8(7)11(16)17/h3-5,9H,1-2H3,(H,16,17). The number of likely N-dealkylation sites (N-methyl/N-ethyl adjacent to an activating group) is 1. The maximum Gasteiger partial charge on any atom is 0.354 e. The van der Waals surface area contributed by atoms with Gasteiger partial charge in [0.2, 0.25) is 0 Å². The second-order valence-electron chi connectivity index (χ2n) is 3.84. The van der Waals surface area contributed by atoms with Crippen LogP contribution in [-0.4, -0.2) is 54.1 Å². The molecule has 0 aromatic heterocycles. The normalized spacial score (nSPS) is 21.3. The molecule has 0 aromatic rings. The summed E-state index contributed by atoms with van der Waals surface area (Å²) in [7, 11) is 3.14. The van der Waals surface area contributed by atoms with Crippen LogP contribution in [0.2, 0.25) is 0 Å². The van der Waals surface area contributed by atoms with E-state index in [0.29, 0.717) is 5.57 Å². The Hall–Kier alpha value is -2.24. The number of fused-ring (bicyclic) bond motifs is 1. The first-order valence-electron chi connectivity index (χ1n) is 4.99. The number of nitrogens with zero attached hydrogens (tertiary/aromatic N) is 3. The fourth-order valence-corrected chi connectivity index (χ4v) is 1.69. The average molecular weight is 233 g/mol. The predicted octanol–water partition coefficient (Wildman–Crippen LogP) is -0.123. The first-order valence-corrected chi connectivity index (χ1v) is 4.99. The van der Waals surface area contributed by atoms with Crippen molar-refractivity contribution in [1.82, 2.24) is 4.90 Å². The van der Waals surface area contributed by atoms with Crippen molar-refractivity contribution in [2.75, 3.05) is 14.1 Å². The second-order valence-corrected chi connectivity index (χ2v) is 3.84. The van der Waals surface area contributed by atoms with Crippen LogP contribution in [0.1, 0.15) is 0 Å². The summed E-state index contributed by atoms with van der Waals surface area (Å²) >= 11 is 0. The zero-order valence-corrected chi connectivity index (χ0v) is 9.41. The quantitative estimate of drug-likeness (QED) is 0.721.